The molecule has 0 saturated heterocycles. The van der Waals surface area contributed by atoms with Crippen LogP contribution >= 0.6 is 15.9 Å². The highest BCUT2D eigenvalue weighted by atomic mass is 79.9. The van der Waals surface area contributed by atoms with Crippen molar-refractivity contribution in [1.29, 1.82) is 0 Å². The summed E-state index contributed by atoms with van der Waals surface area (Å²) in [6.07, 6.45) is 2.95. The lowest BCUT2D eigenvalue weighted by Crippen LogP contribution is -2.11. The van der Waals surface area contributed by atoms with Crippen LogP contribution in [0.15, 0.2) is 16.6 Å². The Kier molecular flexibility index (Phi) is 7.91. The van der Waals surface area contributed by atoms with Gasteiger partial charge in [-0.05, 0) is 60.4 Å². The van der Waals surface area contributed by atoms with Crippen molar-refractivity contribution < 1.29 is 9.47 Å². The quantitative estimate of drug-likeness (QED) is 0.747. The minimum atomic E-state index is 0.724. The molecule has 0 spiro atoms. The summed E-state index contributed by atoms with van der Waals surface area (Å²) in [6.45, 7) is 6.61. The van der Waals surface area contributed by atoms with Gasteiger partial charge in [-0.25, -0.2) is 0 Å². The van der Waals surface area contributed by atoms with Crippen LogP contribution in [0.2, 0.25) is 0 Å². The second-order valence-electron chi connectivity index (χ2n) is 4.44. The Labute approximate surface area is 124 Å². The van der Waals surface area contributed by atoms with Gasteiger partial charge >= 0.3 is 0 Å². The monoisotopic (exact) mass is 329 g/mol. The molecule has 0 saturated carbocycles. The summed E-state index contributed by atoms with van der Waals surface area (Å²) >= 11 is 3.57. The van der Waals surface area contributed by atoms with E-state index >= 15 is 0 Å². The highest BCUT2D eigenvalue weighted by molar-refractivity contribution is 9.10. The molecule has 0 aromatic heterocycles. The zero-order valence-corrected chi connectivity index (χ0v) is 13.7. The molecule has 0 aliphatic rings. The molecule has 1 aromatic carbocycles. The average molecular weight is 330 g/mol. The normalized spacial score (nSPS) is 10.5. The number of hydrogen-bond donors (Lipinski definition) is 1. The summed E-state index contributed by atoms with van der Waals surface area (Å²) in [4.78, 5) is 0. The van der Waals surface area contributed by atoms with Crippen molar-refractivity contribution in [3.63, 3.8) is 0 Å². The van der Waals surface area contributed by atoms with Crippen molar-refractivity contribution in [2.24, 2.45) is 0 Å². The Morgan fingerprint density at radius 1 is 1.05 bits per heavy atom. The smallest absolute Gasteiger partial charge is 0.137 e. The molecule has 0 amide bonds. The molecule has 0 unspecified atom stereocenters. The van der Waals surface area contributed by atoms with Crippen LogP contribution in [0.1, 0.15) is 32.3 Å². The number of nitrogens with one attached hydrogen (secondary N) is 1. The molecular weight excluding hydrogens is 306 g/mol. The SMILES string of the molecule is CCCOc1cc(OCCC)c(CCNC)cc1Br. The van der Waals surface area contributed by atoms with Crippen LogP contribution < -0.4 is 14.8 Å². The zero-order valence-electron chi connectivity index (χ0n) is 12.1. The molecule has 0 radical (unpaired) electrons. The lowest BCUT2D eigenvalue weighted by atomic mass is 10.1. The van der Waals surface area contributed by atoms with Gasteiger partial charge < -0.3 is 14.8 Å². The molecule has 1 N–H and O–H groups in total. The average Bonchev–Trinajstić information content (AvgIpc) is 2.42. The van der Waals surface area contributed by atoms with E-state index in [0.717, 1.165) is 55.0 Å². The maximum atomic E-state index is 5.83. The van der Waals surface area contributed by atoms with Crippen LogP contribution in [0.3, 0.4) is 0 Å². The van der Waals surface area contributed by atoms with Gasteiger partial charge in [0.15, 0.2) is 0 Å². The second kappa shape index (κ2) is 9.21. The third-order valence-electron chi connectivity index (χ3n) is 2.68. The molecular formula is C15H24BrNO2. The van der Waals surface area contributed by atoms with E-state index in [4.69, 9.17) is 9.47 Å². The number of hydrogen-bond acceptors (Lipinski definition) is 3. The van der Waals surface area contributed by atoms with E-state index < -0.39 is 0 Å². The number of ether oxygens (including phenoxy) is 2. The summed E-state index contributed by atoms with van der Waals surface area (Å²) in [5.41, 5.74) is 1.21. The van der Waals surface area contributed by atoms with Gasteiger partial charge in [0.25, 0.3) is 0 Å². The van der Waals surface area contributed by atoms with Crippen molar-refractivity contribution in [3.8, 4) is 11.5 Å². The second-order valence-corrected chi connectivity index (χ2v) is 5.30. The first-order chi connectivity index (χ1) is 9.22. The lowest BCUT2D eigenvalue weighted by Gasteiger charge is -2.15. The van der Waals surface area contributed by atoms with E-state index in [-0.39, 0.29) is 0 Å². The lowest BCUT2D eigenvalue weighted by molar-refractivity contribution is 0.298. The van der Waals surface area contributed by atoms with Crippen LogP contribution in [-0.4, -0.2) is 26.8 Å². The Balaban J connectivity index is 2.91. The molecule has 0 aliphatic heterocycles. The van der Waals surface area contributed by atoms with E-state index in [2.05, 4.69) is 41.2 Å². The van der Waals surface area contributed by atoms with Crippen molar-refractivity contribution >= 4 is 15.9 Å². The summed E-state index contributed by atoms with van der Waals surface area (Å²) in [6, 6.07) is 4.10. The van der Waals surface area contributed by atoms with Gasteiger partial charge in [-0.15, -0.1) is 0 Å². The molecule has 0 bridgehead atoms. The molecule has 108 valence electrons. The first kappa shape index (κ1) is 16.3. The Morgan fingerprint density at radius 3 is 2.26 bits per heavy atom. The zero-order chi connectivity index (χ0) is 14.1. The van der Waals surface area contributed by atoms with E-state index in [9.17, 15) is 0 Å². The fourth-order valence-corrected chi connectivity index (χ4v) is 2.21. The standard InChI is InChI=1S/C15H24BrNO2/c1-4-8-18-14-11-15(19-9-5-2)13(16)10-12(14)6-7-17-3/h10-11,17H,4-9H2,1-3H3. The minimum absolute atomic E-state index is 0.724. The summed E-state index contributed by atoms with van der Waals surface area (Å²) < 4.78 is 12.6. The summed E-state index contributed by atoms with van der Waals surface area (Å²) in [5, 5.41) is 3.17. The minimum Gasteiger partial charge on any atom is -0.493 e. The first-order valence-corrected chi connectivity index (χ1v) is 7.74. The summed E-state index contributed by atoms with van der Waals surface area (Å²) in [5.74, 6) is 1.80. The van der Waals surface area contributed by atoms with E-state index in [0.29, 0.717) is 0 Å². The van der Waals surface area contributed by atoms with Crippen LogP contribution in [0.4, 0.5) is 0 Å². The Morgan fingerprint density at radius 2 is 1.68 bits per heavy atom. The molecule has 19 heavy (non-hydrogen) atoms. The molecule has 3 nitrogen and oxygen atoms in total. The number of halogens is 1. The molecule has 1 aromatic rings. The first-order valence-electron chi connectivity index (χ1n) is 6.95. The van der Waals surface area contributed by atoms with Crippen molar-refractivity contribution in [3.05, 3.63) is 22.2 Å². The Hall–Kier alpha value is -0.740. The van der Waals surface area contributed by atoms with Gasteiger partial charge in [0.2, 0.25) is 0 Å². The predicted molar refractivity (Wildman–Crippen MR) is 83.3 cm³/mol. The number of likely N-dealkylation sites (N-methyl/N-ethyl adjacent to an activating group) is 1. The third kappa shape index (κ3) is 5.41. The van der Waals surface area contributed by atoms with Crippen molar-refractivity contribution in [2.45, 2.75) is 33.1 Å². The fraction of sp³-hybridized carbons (Fsp3) is 0.600. The maximum Gasteiger partial charge on any atom is 0.137 e. The van der Waals surface area contributed by atoms with Crippen LogP contribution in [0, 0.1) is 0 Å². The maximum absolute atomic E-state index is 5.83. The van der Waals surface area contributed by atoms with E-state index in [1.807, 2.05) is 13.1 Å². The highest BCUT2D eigenvalue weighted by Crippen LogP contribution is 2.33. The molecule has 0 atom stereocenters. The van der Waals surface area contributed by atoms with Gasteiger partial charge in [0.05, 0.1) is 17.7 Å². The van der Waals surface area contributed by atoms with Crippen LogP contribution in [0.5, 0.6) is 11.5 Å². The van der Waals surface area contributed by atoms with E-state index in [1.54, 1.807) is 0 Å². The number of benzene rings is 1. The van der Waals surface area contributed by atoms with Crippen molar-refractivity contribution in [2.75, 3.05) is 26.8 Å². The predicted octanol–water partition coefficient (Wildman–Crippen LogP) is 3.79. The third-order valence-corrected chi connectivity index (χ3v) is 3.30. The van der Waals surface area contributed by atoms with Crippen LogP contribution in [-0.2, 0) is 6.42 Å². The molecule has 0 heterocycles. The van der Waals surface area contributed by atoms with Gasteiger partial charge in [-0.3, -0.25) is 0 Å². The largest absolute Gasteiger partial charge is 0.493 e. The molecule has 4 heteroatoms. The fourth-order valence-electron chi connectivity index (χ4n) is 1.70. The van der Waals surface area contributed by atoms with Gasteiger partial charge in [0.1, 0.15) is 11.5 Å². The van der Waals surface area contributed by atoms with Gasteiger partial charge in [0, 0.05) is 6.07 Å². The molecule has 0 aliphatic carbocycles. The van der Waals surface area contributed by atoms with Gasteiger partial charge in [-0.2, -0.15) is 0 Å². The van der Waals surface area contributed by atoms with Crippen LogP contribution in [0.25, 0.3) is 0 Å². The molecule has 0 fully saturated rings. The van der Waals surface area contributed by atoms with E-state index in [1.165, 1.54) is 5.56 Å². The topological polar surface area (TPSA) is 30.5 Å². The highest BCUT2D eigenvalue weighted by Gasteiger charge is 2.10. The number of rotatable bonds is 9. The van der Waals surface area contributed by atoms with Crippen molar-refractivity contribution in [1.82, 2.24) is 5.32 Å². The summed E-state index contributed by atoms with van der Waals surface area (Å²) in [7, 11) is 1.96. The van der Waals surface area contributed by atoms with Gasteiger partial charge in [-0.1, -0.05) is 13.8 Å². The Bertz CT molecular complexity index is 383. The molecule has 1 rings (SSSR count).